The van der Waals surface area contributed by atoms with Gasteiger partial charge in [0.25, 0.3) is 0 Å². The molecule has 0 spiro atoms. The van der Waals surface area contributed by atoms with Crippen LogP contribution >= 0.6 is 7.82 Å². The van der Waals surface area contributed by atoms with Gasteiger partial charge in [-0.2, -0.15) is 0 Å². The molecule has 0 aliphatic carbocycles. The van der Waals surface area contributed by atoms with Crippen molar-refractivity contribution >= 4 is 13.7 Å². The van der Waals surface area contributed by atoms with Crippen LogP contribution in [0.4, 0.5) is 0 Å². The molecule has 1 heterocycles. The fourth-order valence-corrected chi connectivity index (χ4v) is 8.12. The third kappa shape index (κ3) is 25.4. The van der Waals surface area contributed by atoms with Gasteiger partial charge in [0, 0.05) is 27.2 Å². The van der Waals surface area contributed by atoms with Crippen molar-refractivity contribution in [2.45, 2.75) is 192 Å². The molecule has 0 aromatic heterocycles. The minimum absolute atomic E-state index is 0.0105. The summed E-state index contributed by atoms with van der Waals surface area (Å²) in [5.41, 5.74) is 0. The molecule has 0 saturated carbocycles. The van der Waals surface area contributed by atoms with E-state index in [9.17, 15) is 9.36 Å². The number of amides is 1. The van der Waals surface area contributed by atoms with E-state index in [1.165, 1.54) is 96.2 Å². The van der Waals surface area contributed by atoms with Gasteiger partial charge >= 0.3 is 7.82 Å². The number of methoxy groups -OCH3 is 2. The predicted octanol–water partition coefficient (Wildman–Crippen LogP) is 11.5. The average Bonchev–Trinajstić information content (AvgIpc) is 3.21. The Morgan fingerprint density at radius 2 is 1.37 bits per heavy atom. The SMILES string of the molecule is C=CCOP(=O)(OCC=C)OC1[C@@H](COC)O[C@H](OC=CC)[C@H](NC(=O)CCCCCCCCCC=CCCCCCC)[C@H]1OCC[C@@H](CCCCCCC)OC. The molecule has 11 nitrogen and oxygen atoms in total. The molecule has 1 unspecified atom stereocenters. The molecule has 0 bridgehead atoms. The third-order valence-corrected chi connectivity index (χ3v) is 11.4. The van der Waals surface area contributed by atoms with Gasteiger partial charge in [-0.25, -0.2) is 4.57 Å². The van der Waals surface area contributed by atoms with Crippen molar-refractivity contribution < 1.29 is 46.6 Å². The Labute approximate surface area is 347 Å². The Hall–Kier alpha value is -1.82. The van der Waals surface area contributed by atoms with E-state index in [0.29, 0.717) is 12.8 Å². The Kier molecular flexibility index (Phi) is 33.7. The number of phosphoric acid groups is 1. The summed E-state index contributed by atoms with van der Waals surface area (Å²) in [6.45, 7) is 13.8. The molecule has 12 heteroatoms. The lowest BCUT2D eigenvalue weighted by Crippen LogP contribution is -2.66. The molecule has 6 atom stereocenters. The summed E-state index contributed by atoms with van der Waals surface area (Å²) in [5.74, 6) is -0.160. The fraction of sp³-hybridized carbons (Fsp3) is 0.800. The lowest BCUT2D eigenvalue weighted by Gasteiger charge is -2.46. The minimum Gasteiger partial charge on any atom is -0.471 e. The number of allylic oxidation sites excluding steroid dienone is 3. The smallest absolute Gasteiger partial charge is 0.471 e. The molecule has 57 heavy (non-hydrogen) atoms. The monoisotopic (exact) mass is 828 g/mol. The van der Waals surface area contributed by atoms with Gasteiger partial charge in [0.15, 0.2) is 0 Å². The zero-order valence-corrected chi connectivity index (χ0v) is 37.4. The molecule has 1 N–H and O–H groups in total. The van der Waals surface area contributed by atoms with Gasteiger partial charge in [-0.15, -0.1) is 13.2 Å². The number of carbonyl (C=O) groups excluding carboxylic acids is 1. The van der Waals surface area contributed by atoms with Crippen LogP contribution in [-0.4, -0.2) is 83.3 Å². The number of unbranched alkanes of at least 4 members (excludes halogenated alkanes) is 15. The lowest BCUT2D eigenvalue weighted by molar-refractivity contribution is -0.262. The number of phosphoric ester groups is 1. The largest absolute Gasteiger partial charge is 0.475 e. The molecule has 0 aromatic rings. The average molecular weight is 828 g/mol. The lowest BCUT2D eigenvalue weighted by atomic mass is 9.96. The highest BCUT2D eigenvalue weighted by molar-refractivity contribution is 7.48. The molecule has 1 saturated heterocycles. The normalized spacial score (nSPS) is 20.6. The second-order valence-corrected chi connectivity index (χ2v) is 16.5. The number of nitrogens with one attached hydrogen (secondary N) is 1. The number of rotatable bonds is 39. The van der Waals surface area contributed by atoms with Crippen molar-refractivity contribution in [2.24, 2.45) is 0 Å². The quantitative estimate of drug-likeness (QED) is 0.0277. The van der Waals surface area contributed by atoms with E-state index in [2.05, 4.69) is 44.5 Å². The van der Waals surface area contributed by atoms with Gasteiger partial charge in [0.2, 0.25) is 12.2 Å². The van der Waals surface area contributed by atoms with Crippen LogP contribution in [0.3, 0.4) is 0 Å². The first kappa shape index (κ1) is 53.2. The van der Waals surface area contributed by atoms with Gasteiger partial charge in [-0.3, -0.25) is 18.4 Å². The molecular formula is C45H82NO10P. The summed E-state index contributed by atoms with van der Waals surface area (Å²) in [7, 11) is -0.950. The summed E-state index contributed by atoms with van der Waals surface area (Å²) >= 11 is 0. The van der Waals surface area contributed by atoms with Crippen LogP contribution in [0.25, 0.3) is 0 Å². The van der Waals surface area contributed by atoms with E-state index in [0.717, 1.165) is 51.4 Å². The zero-order chi connectivity index (χ0) is 41.8. The molecule has 0 radical (unpaired) electrons. The summed E-state index contributed by atoms with van der Waals surface area (Å²) in [6.07, 6.45) is 30.1. The summed E-state index contributed by atoms with van der Waals surface area (Å²) in [6, 6.07) is -0.834. The Bertz CT molecular complexity index is 1090. The van der Waals surface area contributed by atoms with E-state index in [1.807, 2.05) is 6.92 Å². The minimum atomic E-state index is -4.20. The van der Waals surface area contributed by atoms with Crippen molar-refractivity contribution in [1.29, 1.82) is 0 Å². The summed E-state index contributed by atoms with van der Waals surface area (Å²) < 4.78 is 61.8. The van der Waals surface area contributed by atoms with E-state index in [-0.39, 0.29) is 38.4 Å². The maximum absolute atomic E-state index is 14.0. The number of carbonyl (C=O) groups is 1. The van der Waals surface area contributed by atoms with Crippen LogP contribution in [0.5, 0.6) is 0 Å². The fourth-order valence-electron chi connectivity index (χ4n) is 6.79. The van der Waals surface area contributed by atoms with E-state index >= 15 is 0 Å². The van der Waals surface area contributed by atoms with Crippen molar-refractivity contribution in [3.05, 3.63) is 49.8 Å². The molecule has 1 rings (SSSR count). The van der Waals surface area contributed by atoms with Crippen molar-refractivity contribution in [3.63, 3.8) is 0 Å². The van der Waals surface area contributed by atoms with Crippen LogP contribution in [0.1, 0.15) is 156 Å². The van der Waals surface area contributed by atoms with Crippen LogP contribution in [0, 0.1) is 0 Å². The van der Waals surface area contributed by atoms with E-state index < -0.39 is 38.5 Å². The van der Waals surface area contributed by atoms with Crippen LogP contribution in [-0.2, 0) is 46.6 Å². The Morgan fingerprint density at radius 3 is 1.95 bits per heavy atom. The predicted molar refractivity (Wildman–Crippen MR) is 231 cm³/mol. The first-order chi connectivity index (χ1) is 27.8. The first-order valence-corrected chi connectivity index (χ1v) is 23.6. The highest BCUT2D eigenvalue weighted by Gasteiger charge is 2.52. The van der Waals surface area contributed by atoms with Crippen LogP contribution in [0.15, 0.2) is 49.8 Å². The number of ether oxygens (including phenoxy) is 5. The van der Waals surface area contributed by atoms with Gasteiger partial charge in [0.05, 0.1) is 32.2 Å². The van der Waals surface area contributed by atoms with Gasteiger partial charge in [-0.1, -0.05) is 128 Å². The molecule has 0 aromatic carbocycles. The van der Waals surface area contributed by atoms with Crippen molar-refractivity contribution in [1.82, 2.24) is 5.32 Å². The second-order valence-electron chi connectivity index (χ2n) is 14.9. The maximum Gasteiger partial charge on any atom is 0.475 e. The summed E-state index contributed by atoms with van der Waals surface area (Å²) in [5, 5.41) is 3.14. The molecular weight excluding hydrogens is 745 g/mol. The maximum atomic E-state index is 14.0. The van der Waals surface area contributed by atoms with Crippen molar-refractivity contribution in [2.75, 3.05) is 40.6 Å². The highest BCUT2D eigenvalue weighted by Crippen LogP contribution is 2.52. The standard InChI is InChI=1S/C45H82NO10P/c1-8-13-15-17-18-19-20-21-22-23-24-25-26-28-30-32-41(47)46-42-44(51-37-33-39(50-7)31-29-27-16-14-9-2)43(40(38-49-6)55-45(42)52-34-10-3)56-57(48,53-35-11-4)54-36-12-5/h10-12,19-20,34,39-40,42-45H,4-5,8-9,13-18,21-33,35-38H2,1-3,6-7H3,(H,46,47)/t39-,40-,42-,43?,44-,45+/m1/s1. The van der Waals surface area contributed by atoms with Gasteiger partial charge in [-0.05, 0) is 51.9 Å². The molecule has 1 fully saturated rings. The number of hydrogen-bond acceptors (Lipinski definition) is 10. The highest BCUT2D eigenvalue weighted by atomic mass is 31.2. The third-order valence-electron chi connectivity index (χ3n) is 9.98. The molecule has 332 valence electrons. The number of hydrogen-bond donors (Lipinski definition) is 1. The summed E-state index contributed by atoms with van der Waals surface area (Å²) in [4.78, 5) is 13.6. The van der Waals surface area contributed by atoms with Crippen LogP contribution < -0.4 is 5.32 Å². The molecule has 1 aliphatic rings. The van der Waals surface area contributed by atoms with Crippen molar-refractivity contribution in [3.8, 4) is 0 Å². The Balaban J connectivity index is 3.04. The second kappa shape index (κ2) is 36.1. The van der Waals surface area contributed by atoms with Crippen LogP contribution in [0.2, 0.25) is 0 Å². The zero-order valence-electron chi connectivity index (χ0n) is 36.5. The Morgan fingerprint density at radius 1 is 0.789 bits per heavy atom. The van der Waals surface area contributed by atoms with Gasteiger partial charge in [0.1, 0.15) is 24.4 Å². The van der Waals surface area contributed by atoms with E-state index in [4.69, 9.17) is 37.3 Å². The van der Waals surface area contributed by atoms with E-state index in [1.54, 1.807) is 13.2 Å². The van der Waals surface area contributed by atoms with Gasteiger partial charge < -0.3 is 29.0 Å². The first-order valence-electron chi connectivity index (χ1n) is 22.1. The molecule has 1 amide bonds. The molecule has 1 aliphatic heterocycles. The topological polar surface area (TPSA) is 120 Å².